The highest BCUT2D eigenvalue weighted by atomic mass is 35.5. The Morgan fingerprint density at radius 3 is 2.75 bits per heavy atom. The number of aromatic nitrogens is 2. The maximum atomic E-state index is 13.5. The number of rotatable bonds is 6. The number of nitrogens with one attached hydrogen (secondary N) is 1. The number of aliphatic hydroxyl groups is 1. The molecule has 2 aromatic heterocycles. The summed E-state index contributed by atoms with van der Waals surface area (Å²) in [6, 6.07) is 11.5. The van der Waals surface area contributed by atoms with E-state index in [1.807, 2.05) is 61.0 Å². The molecule has 0 aliphatic carbocycles. The number of carbonyl (C=O) groups is 1. The van der Waals surface area contributed by atoms with Crippen LogP contribution in [0.2, 0.25) is 10.0 Å². The van der Waals surface area contributed by atoms with E-state index in [2.05, 4.69) is 10.3 Å². The maximum absolute atomic E-state index is 13.5. The molecule has 2 N–H and O–H groups in total. The molecule has 6 nitrogen and oxygen atoms in total. The predicted molar refractivity (Wildman–Crippen MR) is 128 cm³/mol. The molecule has 3 aromatic rings. The van der Waals surface area contributed by atoms with Crippen molar-refractivity contribution in [3.63, 3.8) is 0 Å². The average Bonchev–Trinajstić information content (AvgIpc) is 3.11. The van der Waals surface area contributed by atoms with E-state index in [1.165, 1.54) is 0 Å². The van der Waals surface area contributed by atoms with E-state index >= 15 is 0 Å². The molecule has 1 aliphatic heterocycles. The standard InChI is InChI=1S/C24H26Cl2N4O2/c1-15(2)28-23-8-20(21(26)9-27-23)18-7-22-24(32)30(10-16-4-3-5-19(25)6-16)12-17(14-31)11-29(22)13-18/h3-9,13,15,17,31H,10-12,14H2,1-2H3,(H,27,28). The Morgan fingerprint density at radius 2 is 2.03 bits per heavy atom. The first-order valence-electron chi connectivity index (χ1n) is 10.6. The Hall–Kier alpha value is -2.54. The molecular weight excluding hydrogens is 447 g/mol. The van der Waals surface area contributed by atoms with Crippen molar-refractivity contribution < 1.29 is 9.90 Å². The van der Waals surface area contributed by atoms with Gasteiger partial charge >= 0.3 is 0 Å². The van der Waals surface area contributed by atoms with Gasteiger partial charge in [0.05, 0.1) is 5.02 Å². The van der Waals surface area contributed by atoms with Crippen LogP contribution >= 0.6 is 23.2 Å². The molecule has 0 saturated heterocycles. The van der Waals surface area contributed by atoms with Gasteiger partial charge in [-0.2, -0.15) is 0 Å². The Bertz CT molecular complexity index is 1130. The first kappa shape index (κ1) is 22.6. The fraction of sp³-hybridized carbons (Fsp3) is 0.333. The van der Waals surface area contributed by atoms with Crippen molar-refractivity contribution in [1.29, 1.82) is 0 Å². The highest BCUT2D eigenvalue weighted by Crippen LogP contribution is 2.33. The monoisotopic (exact) mass is 472 g/mol. The lowest BCUT2D eigenvalue weighted by atomic mass is 10.1. The quantitative estimate of drug-likeness (QED) is 0.532. The molecule has 32 heavy (non-hydrogen) atoms. The van der Waals surface area contributed by atoms with E-state index in [4.69, 9.17) is 23.2 Å². The van der Waals surface area contributed by atoms with Crippen molar-refractivity contribution in [3.05, 3.63) is 70.1 Å². The number of anilines is 1. The summed E-state index contributed by atoms with van der Waals surface area (Å²) in [4.78, 5) is 19.6. The van der Waals surface area contributed by atoms with Gasteiger partial charge in [-0.05, 0) is 43.7 Å². The molecule has 0 radical (unpaired) electrons. The van der Waals surface area contributed by atoms with Crippen LogP contribution in [0.15, 0.2) is 48.8 Å². The summed E-state index contributed by atoms with van der Waals surface area (Å²) in [7, 11) is 0. The fourth-order valence-electron chi connectivity index (χ4n) is 4.02. The second-order valence-electron chi connectivity index (χ2n) is 8.48. The van der Waals surface area contributed by atoms with Crippen molar-refractivity contribution in [2.75, 3.05) is 18.5 Å². The van der Waals surface area contributed by atoms with Crippen LogP contribution in [0, 0.1) is 5.92 Å². The summed E-state index contributed by atoms with van der Waals surface area (Å²) < 4.78 is 1.92. The summed E-state index contributed by atoms with van der Waals surface area (Å²) in [5.74, 6) is 0.562. The van der Waals surface area contributed by atoms with E-state index in [0.717, 1.165) is 22.5 Å². The van der Waals surface area contributed by atoms with E-state index in [0.29, 0.717) is 35.4 Å². The lowest BCUT2D eigenvalue weighted by Gasteiger charge is -2.23. The highest BCUT2D eigenvalue weighted by Gasteiger charge is 2.29. The molecule has 3 heterocycles. The molecule has 0 fully saturated rings. The maximum Gasteiger partial charge on any atom is 0.270 e. The number of hydrogen-bond acceptors (Lipinski definition) is 4. The normalized spacial score (nSPS) is 16.2. The lowest BCUT2D eigenvalue weighted by Crippen LogP contribution is -2.34. The number of halogens is 2. The van der Waals surface area contributed by atoms with Crippen LogP contribution in [0.5, 0.6) is 0 Å². The Morgan fingerprint density at radius 1 is 1.22 bits per heavy atom. The minimum Gasteiger partial charge on any atom is -0.396 e. The van der Waals surface area contributed by atoms with Gasteiger partial charge in [0.2, 0.25) is 0 Å². The number of fused-ring (bicyclic) bond motifs is 1. The molecule has 0 spiro atoms. The predicted octanol–water partition coefficient (Wildman–Crippen LogP) is 4.94. The third-order valence-electron chi connectivity index (χ3n) is 5.46. The summed E-state index contributed by atoms with van der Waals surface area (Å²) in [6.45, 7) is 5.51. The molecule has 0 saturated carbocycles. The van der Waals surface area contributed by atoms with Crippen LogP contribution in [0.25, 0.3) is 11.1 Å². The SMILES string of the molecule is CC(C)Nc1cc(-c2cc3n(c2)CC(CO)CN(Cc2cccc(Cl)c2)C3=O)c(Cl)cn1. The number of benzene rings is 1. The van der Waals surface area contributed by atoms with Gasteiger partial charge < -0.3 is 19.9 Å². The van der Waals surface area contributed by atoms with Crippen molar-refractivity contribution in [2.45, 2.75) is 33.0 Å². The summed E-state index contributed by atoms with van der Waals surface area (Å²) >= 11 is 12.6. The second-order valence-corrected chi connectivity index (χ2v) is 9.32. The van der Waals surface area contributed by atoms with Crippen LogP contribution in [-0.2, 0) is 13.1 Å². The third kappa shape index (κ3) is 4.93. The van der Waals surface area contributed by atoms with E-state index in [9.17, 15) is 9.90 Å². The zero-order valence-corrected chi connectivity index (χ0v) is 19.6. The zero-order chi connectivity index (χ0) is 22.8. The Labute approximate surface area is 197 Å². The minimum atomic E-state index is -0.0853. The Balaban J connectivity index is 1.69. The van der Waals surface area contributed by atoms with Gasteiger partial charge in [0.25, 0.3) is 5.91 Å². The lowest BCUT2D eigenvalue weighted by molar-refractivity contribution is 0.0703. The number of aliphatic hydroxyl groups excluding tert-OH is 1. The Kier molecular flexibility index (Phi) is 6.74. The van der Waals surface area contributed by atoms with E-state index < -0.39 is 0 Å². The molecule has 0 bridgehead atoms. The third-order valence-corrected chi connectivity index (χ3v) is 6.00. The number of carbonyl (C=O) groups excluding carboxylic acids is 1. The van der Waals surface area contributed by atoms with Crippen LogP contribution in [0.4, 0.5) is 5.82 Å². The van der Waals surface area contributed by atoms with Crippen molar-refractivity contribution in [3.8, 4) is 11.1 Å². The minimum absolute atomic E-state index is 0.00918. The van der Waals surface area contributed by atoms with Gasteiger partial charge in [0, 0.05) is 66.7 Å². The molecular formula is C24H26Cl2N4O2. The largest absolute Gasteiger partial charge is 0.396 e. The molecule has 168 valence electrons. The molecule has 1 aromatic carbocycles. The topological polar surface area (TPSA) is 70.4 Å². The molecule has 1 aliphatic rings. The first-order chi connectivity index (χ1) is 15.3. The first-order valence-corrected chi connectivity index (χ1v) is 11.4. The van der Waals surface area contributed by atoms with Gasteiger partial charge in [0.1, 0.15) is 11.5 Å². The smallest absolute Gasteiger partial charge is 0.270 e. The van der Waals surface area contributed by atoms with Gasteiger partial charge in [-0.25, -0.2) is 4.98 Å². The van der Waals surface area contributed by atoms with E-state index in [1.54, 1.807) is 11.1 Å². The van der Waals surface area contributed by atoms with E-state index in [-0.39, 0.29) is 24.5 Å². The van der Waals surface area contributed by atoms with Crippen molar-refractivity contribution in [1.82, 2.24) is 14.5 Å². The van der Waals surface area contributed by atoms with Crippen LogP contribution in [0.3, 0.4) is 0 Å². The molecule has 1 unspecified atom stereocenters. The number of nitrogens with zero attached hydrogens (tertiary/aromatic N) is 3. The van der Waals surface area contributed by atoms with Crippen LogP contribution in [0.1, 0.15) is 29.9 Å². The number of pyridine rings is 1. The molecule has 1 atom stereocenters. The second kappa shape index (κ2) is 9.53. The summed E-state index contributed by atoms with van der Waals surface area (Å²) in [6.07, 6.45) is 3.55. The van der Waals surface area contributed by atoms with Crippen molar-refractivity contribution in [2.24, 2.45) is 5.92 Å². The molecule has 8 heteroatoms. The number of hydrogen-bond donors (Lipinski definition) is 2. The summed E-state index contributed by atoms with van der Waals surface area (Å²) in [5, 5.41) is 14.4. The van der Waals surface area contributed by atoms with Crippen molar-refractivity contribution >= 4 is 34.9 Å². The zero-order valence-electron chi connectivity index (χ0n) is 18.1. The molecule has 1 amide bonds. The van der Waals surface area contributed by atoms with Gasteiger partial charge in [-0.15, -0.1) is 0 Å². The van der Waals surface area contributed by atoms with Gasteiger partial charge in [-0.3, -0.25) is 4.79 Å². The van der Waals surface area contributed by atoms with Crippen LogP contribution < -0.4 is 5.32 Å². The average molecular weight is 473 g/mol. The summed E-state index contributed by atoms with van der Waals surface area (Å²) in [5.41, 5.74) is 3.17. The fourth-order valence-corrected chi connectivity index (χ4v) is 4.45. The molecule has 4 rings (SSSR count). The van der Waals surface area contributed by atoms with Gasteiger partial charge in [0.15, 0.2) is 0 Å². The highest BCUT2D eigenvalue weighted by molar-refractivity contribution is 6.33. The number of amides is 1. The van der Waals surface area contributed by atoms with Crippen LogP contribution in [-0.4, -0.2) is 44.7 Å². The van der Waals surface area contributed by atoms with Gasteiger partial charge in [-0.1, -0.05) is 35.3 Å².